The molecule has 1 fully saturated rings. The highest BCUT2D eigenvalue weighted by atomic mass is 16.5. The average molecular weight is 334 g/mol. The van der Waals surface area contributed by atoms with E-state index in [4.69, 9.17) is 4.74 Å². The van der Waals surface area contributed by atoms with E-state index in [-0.39, 0.29) is 0 Å². The Bertz CT molecular complexity index is 809. The molecule has 5 nitrogen and oxygen atoms in total. The minimum Gasteiger partial charge on any atom is -0.497 e. The lowest BCUT2D eigenvalue weighted by Crippen LogP contribution is -2.23. The highest BCUT2D eigenvalue weighted by Gasteiger charge is 2.32. The van der Waals surface area contributed by atoms with Gasteiger partial charge in [0.15, 0.2) is 0 Å². The van der Waals surface area contributed by atoms with Gasteiger partial charge in [0, 0.05) is 12.6 Å². The second-order valence-corrected chi connectivity index (χ2v) is 6.43. The Morgan fingerprint density at radius 3 is 2.56 bits per heavy atom. The predicted octanol–water partition coefficient (Wildman–Crippen LogP) is 3.52. The minimum atomic E-state index is 0.354. The Hall–Kier alpha value is -2.66. The van der Waals surface area contributed by atoms with Gasteiger partial charge in [-0.25, -0.2) is 0 Å². The Balaban J connectivity index is 1.44. The smallest absolute Gasteiger partial charge is 0.118 e. The molecule has 4 rings (SSSR count). The van der Waals surface area contributed by atoms with Crippen molar-refractivity contribution in [2.45, 2.75) is 25.4 Å². The summed E-state index contributed by atoms with van der Waals surface area (Å²) in [5, 5.41) is 12.6. The standard InChI is InChI=1S/C20H22N4O/c1-25-19-11-9-16(10-12-19)20(15-7-8-15)21-13-17-14-22-24(23-17)18-5-3-2-4-6-18/h2-6,9-12,14-15,20-21H,7-8,13H2,1H3. The van der Waals surface area contributed by atoms with Crippen molar-refractivity contribution in [1.29, 1.82) is 0 Å². The van der Waals surface area contributed by atoms with E-state index in [1.165, 1.54) is 18.4 Å². The number of ether oxygens (including phenoxy) is 1. The van der Waals surface area contributed by atoms with Crippen molar-refractivity contribution < 1.29 is 4.74 Å². The number of rotatable bonds is 7. The summed E-state index contributed by atoms with van der Waals surface area (Å²) >= 11 is 0. The molecule has 1 aliphatic carbocycles. The lowest BCUT2D eigenvalue weighted by Gasteiger charge is -2.18. The van der Waals surface area contributed by atoms with Crippen LogP contribution in [0.1, 0.15) is 30.1 Å². The molecule has 0 amide bonds. The Kier molecular flexibility index (Phi) is 4.48. The van der Waals surface area contributed by atoms with Gasteiger partial charge in [-0.05, 0) is 48.6 Å². The van der Waals surface area contributed by atoms with Crippen LogP contribution in [0.2, 0.25) is 0 Å². The van der Waals surface area contributed by atoms with Gasteiger partial charge in [-0.15, -0.1) is 0 Å². The SMILES string of the molecule is COc1ccc(C(NCc2cnn(-c3ccccc3)n2)C2CC2)cc1. The first-order chi connectivity index (χ1) is 12.3. The zero-order valence-corrected chi connectivity index (χ0v) is 14.3. The lowest BCUT2D eigenvalue weighted by atomic mass is 10.0. The largest absolute Gasteiger partial charge is 0.497 e. The first-order valence-electron chi connectivity index (χ1n) is 8.67. The number of hydrogen-bond acceptors (Lipinski definition) is 4. The maximum Gasteiger partial charge on any atom is 0.118 e. The van der Waals surface area contributed by atoms with Crippen molar-refractivity contribution in [3.8, 4) is 11.4 Å². The van der Waals surface area contributed by atoms with Crippen LogP contribution in [0.5, 0.6) is 5.75 Å². The fourth-order valence-corrected chi connectivity index (χ4v) is 3.07. The molecule has 1 saturated carbocycles. The van der Waals surface area contributed by atoms with Crippen LogP contribution >= 0.6 is 0 Å². The first kappa shape index (κ1) is 15.8. The van der Waals surface area contributed by atoms with Crippen molar-refractivity contribution in [1.82, 2.24) is 20.3 Å². The molecule has 3 aromatic rings. The summed E-state index contributed by atoms with van der Waals surface area (Å²) in [7, 11) is 1.70. The third-order valence-electron chi connectivity index (χ3n) is 4.60. The van der Waals surface area contributed by atoms with E-state index >= 15 is 0 Å². The number of nitrogens with one attached hydrogen (secondary N) is 1. The van der Waals surface area contributed by atoms with E-state index in [9.17, 15) is 0 Å². The molecule has 1 N–H and O–H groups in total. The van der Waals surface area contributed by atoms with Gasteiger partial charge in [0.1, 0.15) is 5.75 Å². The van der Waals surface area contributed by atoms with Crippen LogP contribution in [-0.4, -0.2) is 22.1 Å². The van der Waals surface area contributed by atoms with Crippen molar-refractivity contribution in [2.24, 2.45) is 5.92 Å². The van der Waals surface area contributed by atoms with Crippen LogP contribution in [0, 0.1) is 5.92 Å². The third-order valence-corrected chi connectivity index (χ3v) is 4.60. The van der Waals surface area contributed by atoms with Gasteiger partial charge < -0.3 is 10.1 Å². The van der Waals surface area contributed by atoms with Crippen LogP contribution < -0.4 is 10.1 Å². The highest BCUT2D eigenvalue weighted by Crippen LogP contribution is 2.41. The molecule has 0 bridgehead atoms. The molecule has 25 heavy (non-hydrogen) atoms. The van der Waals surface area contributed by atoms with Gasteiger partial charge in [-0.1, -0.05) is 30.3 Å². The molecule has 5 heteroatoms. The molecule has 1 atom stereocenters. The third kappa shape index (κ3) is 3.72. The van der Waals surface area contributed by atoms with E-state index in [2.05, 4.69) is 27.6 Å². The quantitative estimate of drug-likeness (QED) is 0.718. The van der Waals surface area contributed by atoms with Gasteiger partial charge in [-0.3, -0.25) is 0 Å². The number of benzene rings is 2. The van der Waals surface area contributed by atoms with Crippen LogP contribution in [-0.2, 0) is 6.54 Å². The summed E-state index contributed by atoms with van der Waals surface area (Å²) < 4.78 is 5.26. The molecular weight excluding hydrogens is 312 g/mol. The maximum atomic E-state index is 5.26. The number of hydrogen-bond donors (Lipinski definition) is 1. The fourth-order valence-electron chi connectivity index (χ4n) is 3.07. The van der Waals surface area contributed by atoms with E-state index in [1.54, 1.807) is 11.9 Å². The topological polar surface area (TPSA) is 52.0 Å². The van der Waals surface area contributed by atoms with Crippen molar-refractivity contribution in [3.63, 3.8) is 0 Å². The van der Waals surface area contributed by atoms with Gasteiger partial charge in [0.05, 0.1) is 24.7 Å². The molecule has 1 aromatic heterocycles. The first-order valence-corrected chi connectivity index (χ1v) is 8.67. The van der Waals surface area contributed by atoms with Gasteiger partial charge in [0.2, 0.25) is 0 Å². The van der Waals surface area contributed by atoms with E-state index < -0.39 is 0 Å². The Labute approximate surface area is 147 Å². The average Bonchev–Trinajstić information content (AvgIpc) is 3.40. The van der Waals surface area contributed by atoms with E-state index in [0.29, 0.717) is 18.5 Å². The maximum absolute atomic E-state index is 5.26. The van der Waals surface area contributed by atoms with Crippen LogP contribution in [0.25, 0.3) is 5.69 Å². The second kappa shape index (κ2) is 7.07. The number of methoxy groups -OCH3 is 1. The monoisotopic (exact) mass is 334 g/mol. The summed E-state index contributed by atoms with van der Waals surface area (Å²) in [6.45, 7) is 0.708. The number of para-hydroxylation sites is 1. The molecule has 1 aliphatic rings. The molecule has 0 spiro atoms. The molecule has 1 unspecified atom stereocenters. The van der Waals surface area contributed by atoms with Crippen LogP contribution in [0.15, 0.2) is 60.8 Å². The fraction of sp³-hybridized carbons (Fsp3) is 0.300. The minimum absolute atomic E-state index is 0.354. The van der Waals surface area contributed by atoms with Crippen molar-refractivity contribution in [2.75, 3.05) is 7.11 Å². The summed E-state index contributed by atoms with van der Waals surface area (Å²) in [5.41, 5.74) is 3.23. The van der Waals surface area contributed by atoms with Gasteiger partial charge in [0.25, 0.3) is 0 Å². The van der Waals surface area contributed by atoms with E-state index in [1.807, 2.05) is 48.7 Å². The van der Waals surface area contributed by atoms with Crippen LogP contribution in [0.3, 0.4) is 0 Å². The second-order valence-electron chi connectivity index (χ2n) is 6.43. The van der Waals surface area contributed by atoms with Gasteiger partial charge >= 0.3 is 0 Å². The molecule has 2 aromatic carbocycles. The Morgan fingerprint density at radius 2 is 1.88 bits per heavy atom. The summed E-state index contributed by atoms with van der Waals surface area (Å²) in [6.07, 6.45) is 4.39. The molecule has 1 heterocycles. The van der Waals surface area contributed by atoms with Crippen LogP contribution in [0.4, 0.5) is 0 Å². The molecular formula is C20H22N4O. The van der Waals surface area contributed by atoms with Crippen molar-refractivity contribution >= 4 is 0 Å². The normalized spacial score (nSPS) is 15.1. The summed E-state index contributed by atoms with van der Waals surface area (Å²) in [4.78, 5) is 1.68. The molecule has 0 aliphatic heterocycles. The zero-order valence-electron chi connectivity index (χ0n) is 14.3. The molecule has 0 saturated heterocycles. The molecule has 0 radical (unpaired) electrons. The lowest BCUT2D eigenvalue weighted by molar-refractivity contribution is 0.413. The zero-order chi connectivity index (χ0) is 17.1. The predicted molar refractivity (Wildman–Crippen MR) is 96.7 cm³/mol. The highest BCUT2D eigenvalue weighted by molar-refractivity contribution is 5.30. The van der Waals surface area contributed by atoms with Gasteiger partial charge in [-0.2, -0.15) is 15.0 Å². The summed E-state index contributed by atoms with van der Waals surface area (Å²) in [6, 6.07) is 18.7. The van der Waals surface area contributed by atoms with E-state index in [0.717, 1.165) is 17.1 Å². The number of nitrogens with zero attached hydrogens (tertiary/aromatic N) is 3. The summed E-state index contributed by atoms with van der Waals surface area (Å²) in [5.74, 6) is 1.60. The number of aromatic nitrogens is 3. The Morgan fingerprint density at radius 1 is 1.12 bits per heavy atom. The van der Waals surface area contributed by atoms with Crippen molar-refractivity contribution in [3.05, 3.63) is 72.1 Å². The molecule has 128 valence electrons.